The van der Waals surface area contributed by atoms with Gasteiger partial charge in [0.1, 0.15) is 5.82 Å². The number of carbonyl (C=O) groups excluding carboxylic acids is 1. The first-order valence-electron chi connectivity index (χ1n) is 8.74. The molecule has 10 heteroatoms. The molecule has 1 saturated heterocycles. The van der Waals surface area contributed by atoms with Gasteiger partial charge in [0.25, 0.3) is 0 Å². The first kappa shape index (κ1) is 19.2. The molecule has 0 aliphatic carbocycles. The molecule has 0 spiro atoms. The van der Waals surface area contributed by atoms with E-state index in [1.54, 1.807) is 18.0 Å². The summed E-state index contributed by atoms with van der Waals surface area (Å²) in [6, 6.07) is 0. The Bertz CT molecular complexity index is 750. The Balaban J connectivity index is 1.83. The number of nitrogens with one attached hydrogen (secondary N) is 1. The Morgan fingerprint density at radius 3 is 2.92 bits per heavy atom. The maximum Gasteiger partial charge on any atom is 0.221 e. The zero-order chi connectivity index (χ0) is 18.4. The third-order valence-corrected chi connectivity index (χ3v) is 4.93. The van der Waals surface area contributed by atoms with Gasteiger partial charge in [-0.3, -0.25) is 4.79 Å². The fourth-order valence-electron chi connectivity index (χ4n) is 2.77. The highest BCUT2D eigenvalue weighted by molar-refractivity contribution is 7.99. The fourth-order valence-corrected chi connectivity index (χ4v) is 3.50. The van der Waals surface area contributed by atoms with E-state index >= 15 is 0 Å². The Morgan fingerprint density at radius 1 is 1.38 bits per heavy atom. The minimum atomic E-state index is -0.0534. The lowest BCUT2D eigenvalue weighted by Gasteiger charge is -2.28. The lowest BCUT2D eigenvalue weighted by Crippen LogP contribution is -2.37. The van der Waals surface area contributed by atoms with Gasteiger partial charge in [0, 0.05) is 31.9 Å². The molecule has 2 aromatic heterocycles. The zero-order valence-corrected chi connectivity index (χ0v) is 16.4. The Labute approximate surface area is 161 Å². The predicted octanol–water partition coefficient (Wildman–Crippen LogP) is 1.52. The molecule has 1 aliphatic heterocycles. The van der Waals surface area contributed by atoms with Crippen LogP contribution in [-0.4, -0.2) is 70.1 Å². The van der Waals surface area contributed by atoms with Crippen LogP contribution in [0.4, 0.5) is 5.82 Å². The monoisotopic (exact) mass is 398 g/mol. The van der Waals surface area contributed by atoms with E-state index in [1.165, 1.54) is 0 Å². The number of alkyl halides is 1. The summed E-state index contributed by atoms with van der Waals surface area (Å²) in [5.74, 6) is 2.08. The van der Waals surface area contributed by atoms with Gasteiger partial charge in [-0.05, 0) is 5.75 Å². The zero-order valence-electron chi connectivity index (χ0n) is 14.8. The molecular weight excluding hydrogens is 376 g/mol. The average molecular weight is 399 g/mol. The number of morpholine rings is 1. The van der Waals surface area contributed by atoms with Gasteiger partial charge in [-0.1, -0.05) is 18.7 Å². The molecule has 1 aliphatic rings. The molecule has 0 unspecified atom stereocenters. The smallest absolute Gasteiger partial charge is 0.221 e. The van der Waals surface area contributed by atoms with E-state index in [1.807, 2.05) is 4.68 Å². The van der Waals surface area contributed by atoms with Gasteiger partial charge in [-0.2, -0.15) is 5.10 Å². The molecule has 1 fully saturated rings. The highest BCUT2D eigenvalue weighted by atomic mass is 35.5. The van der Waals surface area contributed by atoms with E-state index < -0.39 is 0 Å². The van der Waals surface area contributed by atoms with Crippen molar-refractivity contribution in [3.63, 3.8) is 0 Å². The van der Waals surface area contributed by atoms with Crippen LogP contribution in [0.5, 0.6) is 0 Å². The van der Waals surface area contributed by atoms with Crippen molar-refractivity contribution in [2.45, 2.75) is 25.0 Å². The van der Waals surface area contributed by atoms with Crippen LogP contribution in [0.25, 0.3) is 11.0 Å². The van der Waals surface area contributed by atoms with Crippen LogP contribution in [0, 0.1) is 0 Å². The SMILES string of the molecule is CCSc1nc(N2CCOCC2)c2cnn(CCNC(=O)CCCl)c2n1. The number of hydrogen-bond acceptors (Lipinski definition) is 7. The number of carbonyl (C=O) groups is 1. The second-order valence-corrected chi connectivity index (χ2v) is 7.37. The maximum atomic E-state index is 11.6. The first-order valence-corrected chi connectivity index (χ1v) is 10.3. The van der Waals surface area contributed by atoms with Crippen molar-refractivity contribution in [3.05, 3.63) is 6.20 Å². The number of thioether (sulfide) groups is 1. The molecule has 3 heterocycles. The van der Waals surface area contributed by atoms with Gasteiger partial charge in [0.2, 0.25) is 5.91 Å². The van der Waals surface area contributed by atoms with Crippen molar-refractivity contribution < 1.29 is 9.53 Å². The molecule has 0 saturated carbocycles. The molecule has 1 N–H and O–H groups in total. The molecule has 26 heavy (non-hydrogen) atoms. The van der Waals surface area contributed by atoms with Crippen LogP contribution in [0.1, 0.15) is 13.3 Å². The van der Waals surface area contributed by atoms with Crippen molar-refractivity contribution >= 4 is 46.1 Å². The molecule has 2 aromatic rings. The van der Waals surface area contributed by atoms with Crippen molar-refractivity contribution in [2.75, 3.05) is 49.4 Å². The fraction of sp³-hybridized carbons (Fsp3) is 0.625. The number of aromatic nitrogens is 4. The highest BCUT2D eigenvalue weighted by Gasteiger charge is 2.20. The second-order valence-electron chi connectivity index (χ2n) is 5.76. The van der Waals surface area contributed by atoms with E-state index in [4.69, 9.17) is 21.3 Å². The van der Waals surface area contributed by atoms with Crippen LogP contribution >= 0.6 is 23.4 Å². The van der Waals surface area contributed by atoms with Gasteiger partial charge >= 0.3 is 0 Å². The van der Waals surface area contributed by atoms with Crippen LogP contribution in [-0.2, 0) is 16.1 Å². The first-order chi connectivity index (χ1) is 12.7. The van der Waals surface area contributed by atoms with Crippen molar-refractivity contribution in [1.82, 2.24) is 25.1 Å². The van der Waals surface area contributed by atoms with E-state index in [9.17, 15) is 4.79 Å². The van der Waals surface area contributed by atoms with Gasteiger partial charge in [-0.15, -0.1) is 11.6 Å². The number of rotatable bonds is 8. The van der Waals surface area contributed by atoms with Crippen LogP contribution in [0.2, 0.25) is 0 Å². The molecular formula is C16H23ClN6O2S. The van der Waals surface area contributed by atoms with E-state index in [0.717, 1.165) is 40.9 Å². The summed E-state index contributed by atoms with van der Waals surface area (Å²) in [5.41, 5.74) is 0.795. The third-order valence-electron chi connectivity index (χ3n) is 4.01. The molecule has 1 amide bonds. The molecule has 0 radical (unpaired) electrons. The van der Waals surface area contributed by atoms with Crippen LogP contribution in [0.3, 0.4) is 0 Å². The van der Waals surface area contributed by atoms with Gasteiger partial charge in [0.05, 0.1) is 31.3 Å². The van der Waals surface area contributed by atoms with Gasteiger partial charge < -0.3 is 15.0 Å². The summed E-state index contributed by atoms with van der Waals surface area (Å²) in [6.45, 7) is 6.12. The number of nitrogens with zero attached hydrogens (tertiary/aromatic N) is 5. The van der Waals surface area contributed by atoms with Gasteiger partial charge in [-0.25, -0.2) is 14.6 Å². The number of amides is 1. The molecule has 142 valence electrons. The van der Waals surface area contributed by atoms with E-state index in [2.05, 4.69) is 27.2 Å². The number of halogens is 1. The number of hydrogen-bond donors (Lipinski definition) is 1. The number of anilines is 1. The minimum Gasteiger partial charge on any atom is -0.378 e. The summed E-state index contributed by atoms with van der Waals surface area (Å²) in [6.07, 6.45) is 2.13. The summed E-state index contributed by atoms with van der Waals surface area (Å²) >= 11 is 7.19. The molecule has 8 nitrogen and oxygen atoms in total. The summed E-state index contributed by atoms with van der Waals surface area (Å²) in [5, 5.41) is 8.98. The quantitative estimate of drug-likeness (QED) is 0.410. The molecule has 3 rings (SSSR count). The number of fused-ring (bicyclic) bond motifs is 1. The summed E-state index contributed by atoms with van der Waals surface area (Å²) in [7, 11) is 0. The third kappa shape index (κ3) is 4.57. The topological polar surface area (TPSA) is 85.2 Å². The summed E-state index contributed by atoms with van der Waals surface area (Å²) in [4.78, 5) is 23.2. The molecule has 0 bridgehead atoms. The minimum absolute atomic E-state index is 0.0534. The van der Waals surface area contributed by atoms with Crippen LogP contribution in [0.15, 0.2) is 11.4 Å². The highest BCUT2D eigenvalue weighted by Crippen LogP contribution is 2.27. The Hall–Kier alpha value is -1.58. The lowest BCUT2D eigenvalue weighted by atomic mass is 10.3. The standard InChI is InChI=1S/C16H23ClN6O2S/c1-2-26-16-20-14(22-7-9-25-10-8-22)12-11-19-23(15(12)21-16)6-5-18-13(24)3-4-17/h11H,2-10H2,1H3,(H,18,24). The van der Waals surface area contributed by atoms with E-state index in [0.29, 0.717) is 38.6 Å². The Morgan fingerprint density at radius 2 is 2.19 bits per heavy atom. The maximum absolute atomic E-state index is 11.6. The normalized spacial score (nSPS) is 14.8. The van der Waals surface area contributed by atoms with Crippen molar-refractivity contribution in [1.29, 1.82) is 0 Å². The van der Waals surface area contributed by atoms with Crippen molar-refractivity contribution in [3.8, 4) is 0 Å². The Kier molecular flexibility index (Phi) is 6.93. The van der Waals surface area contributed by atoms with Crippen molar-refractivity contribution in [2.24, 2.45) is 0 Å². The van der Waals surface area contributed by atoms with E-state index in [-0.39, 0.29) is 5.91 Å². The van der Waals surface area contributed by atoms with Crippen LogP contribution < -0.4 is 10.2 Å². The average Bonchev–Trinajstić information content (AvgIpc) is 3.05. The summed E-state index contributed by atoms with van der Waals surface area (Å²) < 4.78 is 7.27. The second kappa shape index (κ2) is 9.38. The predicted molar refractivity (Wildman–Crippen MR) is 103 cm³/mol. The number of ether oxygens (including phenoxy) is 1. The largest absolute Gasteiger partial charge is 0.378 e. The van der Waals surface area contributed by atoms with Gasteiger partial charge in [0.15, 0.2) is 10.8 Å². The lowest BCUT2D eigenvalue weighted by molar-refractivity contribution is -0.120. The molecule has 0 atom stereocenters. The molecule has 0 aromatic carbocycles.